The summed E-state index contributed by atoms with van der Waals surface area (Å²) < 4.78 is 19.6. The quantitative estimate of drug-likeness (QED) is 0.441. The predicted octanol–water partition coefficient (Wildman–Crippen LogP) is 7.41. The smallest absolute Gasteiger partial charge is 0.147 e. The number of hydrogen-bond acceptors (Lipinski definition) is 1. The predicted molar refractivity (Wildman–Crippen MR) is 114 cm³/mol. The summed E-state index contributed by atoms with van der Waals surface area (Å²) in [5.41, 5.74) is 4.24. The molecule has 1 heterocycles. The van der Waals surface area contributed by atoms with Crippen LogP contribution in [0.25, 0.3) is 0 Å². The first-order valence-electron chi connectivity index (χ1n) is 10.8. The summed E-state index contributed by atoms with van der Waals surface area (Å²) in [6, 6.07) is 12.9. The van der Waals surface area contributed by atoms with Crippen LogP contribution in [0.5, 0.6) is 0 Å². The Morgan fingerprint density at radius 1 is 1.00 bits per heavy atom. The van der Waals surface area contributed by atoms with Crippen molar-refractivity contribution in [2.45, 2.75) is 70.3 Å². The average molecular weight is 401 g/mol. The standard InChI is InChI=1S/C25H30ClFO/c1-2-3-17-4-9-19(10-5-17)20-11-6-18(7-12-20)8-13-21-14-15-22(23-16-28-23)25(27)24(21)26/h6-7,11-12,14-15,17,19,23H,2-5,8-10,13,16H2,1H3. The normalized spacial score (nSPS) is 24.3. The van der Waals surface area contributed by atoms with E-state index in [1.165, 1.54) is 49.7 Å². The lowest BCUT2D eigenvalue weighted by Crippen LogP contribution is -2.13. The van der Waals surface area contributed by atoms with Gasteiger partial charge in [0.05, 0.1) is 11.6 Å². The van der Waals surface area contributed by atoms with E-state index in [0.717, 1.165) is 30.2 Å². The Kier molecular flexibility index (Phi) is 6.38. The summed E-state index contributed by atoms with van der Waals surface area (Å²) in [4.78, 5) is 0. The van der Waals surface area contributed by atoms with Crippen LogP contribution in [-0.4, -0.2) is 6.61 Å². The first-order chi connectivity index (χ1) is 13.7. The molecule has 150 valence electrons. The Balaban J connectivity index is 1.33. The highest BCUT2D eigenvalue weighted by molar-refractivity contribution is 6.31. The van der Waals surface area contributed by atoms with Gasteiger partial charge in [-0.15, -0.1) is 0 Å². The molecule has 2 aliphatic rings. The highest BCUT2D eigenvalue weighted by atomic mass is 35.5. The fourth-order valence-corrected chi connectivity index (χ4v) is 4.97. The zero-order valence-corrected chi connectivity index (χ0v) is 17.5. The van der Waals surface area contributed by atoms with E-state index >= 15 is 0 Å². The minimum absolute atomic E-state index is 0.101. The molecule has 0 radical (unpaired) electrons. The van der Waals surface area contributed by atoms with Gasteiger partial charge in [0.15, 0.2) is 0 Å². The second-order valence-corrected chi connectivity index (χ2v) is 8.89. The molecule has 1 aliphatic heterocycles. The van der Waals surface area contributed by atoms with E-state index in [0.29, 0.717) is 12.2 Å². The van der Waals surface area contributed by atoms with E-state index in [1.807, 2.05) is 12.1 Å². The van der Waals surface area contributed by atoms with Crippen LogP contribution >= 0.6 is 11.6 Å². The van der Waals surface area contributed by atoms with Crippen molar-refractivity contribution in [2.75, 3.05) is 6.61 Å². The third kappa shape index (κ3) is 4.60. The van der Waals surface area contributed by atoms with Crippen molar-refractivity contribution < 1.29 is 9.13 Å². The molecular formula is C25H30ClFO. The minimum Gasteiger partial charge on any atom is -0.368 e. The van der Waals surface area contributed by atoms with Crippen molar-refractivity contribution in [1.29, 1.82) is 0 Å². The topological polar surface area (TPSA) is 12.5 Å². The minimum atomic E-state index is -0.310. The summed E-state index contributed by atoms with van der Waals surface area (Å²) in [7, 11) is 0. The van der Waals surface area contributed by atoms with Crippen molar-refractivity contribution in [3.63, 3.8) is 0 Å². The van der Waals surface area contributed by atoms with Crippen LogP contribution in [-0.2, 0) is 17.6 Å². The zero-order valence-electron chi connectivity index (χ0n) is 16.7. The maximum atomic E-state index is 14.4. The largest absolute Gasteiger partial charge is 0.368 e. The summed E-state index contributed by atoms with van der Waals surface area (Å²) in [5, 5.41) is 0.258. The Labute approximate surface area is 173 Å². The van der Waals surface area contributed by atoms with Crippen molar-refractivity contribution >= 4 is 11.6 Å². The Morgan fingerprint density at radius 2 is 1.71 bits per heavy atom. The van der Waals surface area contributed by atoms with Crippen molar-refractivity contribution in [1.82, 2.24) is 0 Å². The van der Waals surface area contributed by atoms with Gasteiger partial charge in [-0.25, -0.2) is 4.39 Å². The van der Waals surface area contributed by atoms with E-state index in [2.05, 4.69) is 31.2 Å². The molecule has 0 amide bonds. The van der Waals surface area contributed by atoms with Gasteiger partial charge in [0, 0.05) is 5.56 Å². The molecule has 0 bridgehead atoms. The van der Waals surface area contributed by atoms with E-state index in [-0.39, 0.29) is 16.9 Å². The number of ether oxygens (including phenoxy) is 1. The Bertz CT molecular complexity index is 789. The molecule has 0 spiro atoms. The van der Waals surface area contributed by atoms with E-state index in [9.17, 15) is 4.39 Å². The molecule has 2 aromatic rings. The van der Waals surface area contributed by atoms with E-state index < -0.39 is 0 Å². The van der Waals surface area contributed by atoms with Crippen LogP contribution in [0.2, 0.25) is 5.02 Å². The van der Waals surface area contributed by atoms with Gasteiger partial charge in [-0.1, -0.05) is 67.8 Å². The molecule has 3 heteroatoms. The lowest BCUT2D eigenvalue weighted by Gasteiger charge is -2.28. The van der Waals surface area contributed by atoms with E-state index in [1.54, 1.807) is 0 Å². The van der Waals surface area contributed by atoms with Crippen molar-refractivity contribution in [3.8, 4) is 0 Å². The number of epoxide rings is 1. The van der Waals surface area contributed by atoms with E-state index in [4.69, 9.17) is 16.3 Å². The highest BCUT2D eigenvalue weighted by Gasteiger charge is 2.29. The SMILES string of the molecule is CCCC1CCC(c2ccc(CCc3ccc(C4CO4)c(F)c3Cl)cc2)CC1. The molecule has 1 aliphatic carbocycles. The van der Waals surface area contributed by atoms with Crippen LogP contribution in [0.1, 0.15) is 79.7 Å². The van der Waals surface area contributed by atoms with Gasteiger partial charge < -0.3 is 4.74 Å². The zero-order chi connectivity index (χ0) is 19.5. The van der Waals surface area contributed by atoms with Gasteiger partial charge in [-0.2, -0.15) is 0 Å². The maximum absolute atomic E-state index is 14.4. The van der Waals surface area contributed by atoms with Gasteiger partial charge in [0.25, 0.3) is 0 Å². The average Bonchev–Trinajstić information content (AvgIpc) is 3.56. The molecular weight excluding hydrogens is 371 g/mol. The first kappa shape index (κ1) is 19.9. The third-order valence-corrected chi connectivity index (χ3v) is 6.96. The number of benzene rings is 2. The van der Waals surface area contributed by atoms with Crippen LogP contribution in [0.3, 0.4) is 0 Å². The number of rotatable bonds is 7. The fourth-order valence-electron chi connectivity index (χ4n) is 4.70. The number of aryl methyl sites for hydroxylation is 2. The Hall–Kier alpha value is -1.38. The lowest BCUT2D eigenvalue weighted by atomic mass is 9.77. The summed E-state index contributed by atoms with van der Waals surface area (Å²) in [5.74, 6) is 1.36. The van der Waals surface area contributed by atoms with Gasteiger partial charge >= 0.3 is 0 Å². The molecule has 2 fully saturated rings. The number of halogens is 2. The van der Waals surface area contributed by atoms with Crippen molar-refractivity contribution in [2.24, 2.45) is 5.92 Å². The molecule has 0 N–H and O–H groups in total. The summed E-state index contributed by atoms with van der Waals surface area (Å²) in [6.45, 7) is 2.89. The van der Waals surface area contributed by atoms with Crippen molar-refractivity contribution in [3.05, 3.63) is 69.5 Å². The van der Waals surface area contributed by atoms with Crippen LogP contribution in [0.4, 0.5) is 4.39 Å². The lowest BCUT2D eigenvalue weighted by molar-refractivity contribution is 0.308. The Morgan fingerprint density at radius 3 is 2.36 bits per heavy atom. The highest BCUT2D eigenvalue weighted by Crippen LogP contribution is 2.38. The molecule has 1 saturated heterocycles. The fraction of sp³-hybridized carbons (Fsp3) is 0.520. The van der Waals surface area contributed by atoms with Crippen LogP contribution in [0, 0.1) is 11.7 Å². The van der Waals surface area contributed by atoms with Crippen LogP contribution < -0.4 is 0 Å². The van der Waals surface area contributed by atoms with Gasteiger partial charge in [-0.05, 0) is 67.1 Å². The molecule has 2 aromatic carbocycles. The third-order valence-electron chi connectivity index (χ3n) is 6.55. The molecule has 1 saturated carbocycles. The van der Waals surface area contributed by atoms with Gasteiger partial charge in [0.1, 0.15) is 11.9 Å². The first-order valence-corrected chi connectivity index (χ1v) is 11.2. The summed E-state index contributed by atoms with van der Waals surface area (Å²) >= 11 is 6.27. The monoisotopic (exact) mass is 400 g/mol. The second-order valence-electron chi connectivity index (χ2n) is 8.51. The molecule has 1 nitrogen and oxygen atoms in total. The molecule has 4 rings (SSSR count). The summed E-state index contributed by atoms with van der Waals surface area (Å²) in [6.07, 6.45) is 9.66. The van der Waals surface area contributed by atoms with Crippen LogP contribution in [0.15, 0.2) is 36.4 Å². The van der Waals surface area contributed by atoms with Gasteiger partial charge in [-0.3, -0.25) is 0 Å². The second kappa shape index (κ2) is 8.97. The number of hydrogen-bond donors (Lipinski definition) is 0. The van der Waals surface area contributed by atoms with Gasteiger partial charge in [0.2, 0.25) is 0 Å². The molecule has 0 aromatic heterocycles. The molecule has 1 atom stereocenters. The molecule has 28 heavy (non-hydrogen) atoms. The molecule has 1 unspecified atom stereocenters. The maximum Gasteiger partial charge on any atom is 0.147 e.